The molecule has 1 aliphatic rings. The molecular weight excluding hydrogens is 502 g/mol. The molecule has 2 amide bonds. The van der Waals surface area contributed by atoms with E-state index in [4.69, 9.17) is 19.2 Å². The molecule has 1 saturated heterocycles. The molecule has 198 valence electrons. The summed E-state index contributed by atoms with van der Waals surface area (Å²) in [7, 11) is 4.78. The zero-order chi connectivity index (χ0) is 27.1. The van der Waals surface area contributed by atoms with E-state index >= 15 is 0 Å². The Morgan fingerprint density at radius 3 is 2.45 bits per heavy atom. The number of ether oxygens (including phenoxy) is 3. The van der Waals surface area contributed by atoms with Gasteiger partial charge in [-0.05, 0) is 73.0 Å². The monoisotopic (exact) mass is 533 g/mol. The lowest BCUT2D eigenvalue weighted by atomic mass is 10.1. The van der Waals surface area contributed by atoms with Crippen molar-refractivity contribution in [1.29, 1.82) is 0 Å². The first-order valence-corrected chi connectivity index (χ1v) is 13.1. The van der Waals surface area contributed by atoms with Crippen LogP contribution in [0.5, 0.6) is 17.2 Å². The Morgan fingerprint density at radius 2 is 1.76 bits per heavy atom. The molecule has 1 heterocycles. The normalized spacial score (nSPS) is 16.3. The highest BCUT2D eigenvalue weighted by atomic mass is 32.2. The lowest BCUT2D eigenvalue weighted by Gasteiger charge is -2.32. The number of aliphatic imine (C=N–C) groups is 1. The lowest BCUT2D eigenvalue weighted by Crippen LogP contribution is -2.46. The van der Waals surface area contributed by atoms with Gasteiger partial charge in [-0.2, -0.15) is 0 Å². The number of benzene rings is 3. The summed E-state index contributed by atoms with van der Waals surface area (Å²) >= 11 is 1.30. The SMILES string of the molecule is COc1ccc(N=C2SC(C(=O)Nc3cccc(C)c3)CC(=O)N2CCc2ccc(OC)c(OC)c2)cc1. The van der Waals surface area contributed by atoms with E-state index in [1.54, 1.807) is 26.2 Å². The number of aryl methyl sites for hydroxylation is 1. The summed E-state index contributed by atoms with van der Waals surface area (Å²) in [5, 5.41) is 2.82. The zero-order valence-corrected chi connectivity index (χ0v) is 22.7. The van der Waals surface area contributed by atoms with Gasteiger partial charge >= 0.3 is 0 Å². The average Bonchev–Trinajstić information content (AvgIpc) is 2.92. The van der Waals surface area contributed by atoms with E-state index in [2.05, 4.69) is 5.32 Å². The predicted octanol–water partition coefficient (Wildman–Crippen LogP) is 5.22. The fraction of sp³-hybridized carbons (Fsp3) is 0.276. The molecule has 0 aromatic heterocycles. The number of methoxy groups -OCH3 is 3. The molecule has 1 N–H and O–H groups in total. The molecule has 0 aliphatic carbocycles. The average molecular weight is 534 g/mol. The third kappa shape index (κ3) is 6.66. The smallest absolute Gasteiger partial charge is 0.238 e. The fourth-order valence-electron chi connectivity index (χ4n) is 4.05. The largest absolute Gasteiger partial charge is 0.497 e. The third-order valence-corrected chi connectivity index (χ3v) is 7.27. The van der Waals surface area contributed by atoms with Crippen molar-refractivity contribution in [1.82, 2.24) is 4.90 Å². The number of thioether (sulfide) groups is 1. The number of carbonyl (C=O) groups excluding carboxylic acids is 2. The van der Waals surface area contributed by atoms with Crippen LogP contribution in [0.4, 0.5) is 11.4 Å². The van der Waals surface area contributed by atoms with Crippen LogP contribution in [0.1, 0.15) is 17.5 Å². The first-order chi connectivity index (χ1) is 18.4. The summed E-state index contributed by atoms with van der Waals surface area (Å²) in [6.07, 6.45) is 0.657. The van der Waals surface area contributed by atoms with Crippen LogP contribution >= 0.6 is 11.8 Å². The van der Waals surface area contributed by atoms with Crippen molar-refractivity contribution in [3.63, 3.8) is 0 Å². The molecule has 0 saturated carbocycles. The van der Waals surface area contributed by atoms with E-state index < -0.39 is 5.25 Å². The number of amides is 2. The Bertz CT molecular complexity index is 1330. The van der Waals surface area contributed by atoms with Gasteiger partial charge < -0.3 is 19.5 Å². The summed E-state index contributed by atoms with van der Waals surface area (Å²) < 4.78 is 16.0. The van der Waals surface area contributed by atoms with Gasteiger partial charge in [0.2, 0.25) is 11.8 Å². The molecule has 1 aliphatic heterocycles. The predicted molar refractivity (Wildman–Crippen MR) is 151 cm³/mol. The van der Waals surface area contributed by atoms with Gasteiger partial charge in [-0.15, -0.1) is 0 Å². The highest BCUT2D eigenvalue weighted by Gasteiger charge is 2.36. The van der Waals surface area contributed by atoms with Crippen LogP contribution < -0.4 is 19.5 Å². The first kappa shape index (κ1) is 27.1. The molecule has 9 heteroatoms. The molecule has 1 atom stereocenters. The Labute approximate surface area is 227 Å². The molecule has 3 aromatic carbocycles. The minimum atomic E-state index is -0.600. The van der Waals surface area contributed by atoms with E-state index in [0.717, 1.165) is 11.1 Å². The number of nitrogens with one attached hydrogen (secondary N) is 1. The van der Waals surface area contributed by atoms with Crippen molar-refractivity contribution in [2.24, 2.45) is 4.99 Å². The third-order valence-electron chi connectivity index (χ3n) is 6.09. The van der Waals surface area contributed by atoms with Crippen molar-refractivity contribution in [3.05, 3.63) is 77.9 Å². The van der Waals surface area contributed by atoms with Crippen molar-refractivity contribution in [3.8, 4) is 17.2 Å². The molecule has 0 spiro atoms. The Balaban J connectivity index is 1.56. The van der Waals surface area contributed by atoms with Crippen LogP contribution in [0.25, 0.3) is 0 Å². The van der Waals surface area contributed by atoms with Crippen LogP contribution in [0, 0.1) is 6.92 Å². The van der Waals surface area contributed by atoms with Gasteiger partial charge in [-0.3, -0.25) is 14.5 Å². The van der Waals surface area contributed by atoms with E-state index in [9.17, 15) is 9.59 Å². The summed E-state index contributed by atoms with van der Waals surface area (Å²) in [6.45, 7) is 2.37. The molecule has 8 nitrogen and oxygen atoms in total. The van der Waals surface area contributed by atoms with Crippen LogP contribution in [0.2, 0.25) is 0 Å². The van der Waals surface area contributed by atoms with Gasteiger partial charge in [-0.25, -0.2) is 4.99 Å². The summed E-state index contributed by atoms with van der Waals surface area (Å²) in [6, 6.07) is 20.5. The van der Waals surface area contributed by atoms with Gasteiger partial charge in [0.1, 0.15) is 11.0 Å². The number of nitrogens with zero attached hydrogens (tertiary/aromatic N) is 2. The lowest BCUT2D eigenvalue weighted by molar-refractivity contribution is -0.129. The maximum absolute atomic E-state index is 13.3. The summed E-state index contributed by atoms with van der Waals surface area (Å²) in [4.78, 5) is 32.9. The number of anilines is 1. The van der Waals surface area contributed by atoms with Gasteiger partial charge in [0, 0.05) is 18.7 Å². The van der Waals surface area contributed by atoms with Crippen molar-refractivity contribution < 1.29 is 23.8 Å². The first-order valence-electron chi connectivity index (χ1n) is 12.2. The maximum Gasteiger partial charge on any atom is 0.238 e. The van der Waals surface area contributed by atoms with Gasteiger partial charge in [0.25, 0.3) is 0 Å². The van der Waals surface area contributed by atoms with E-state index in [1.165, 1.54) is 11.8 Å². The number of hydrogen-bond acceptors (Lipinski definition) is 7. The topological polar surface area (TPSA) is 89.5 Å². The molecule has 3 aromatic rings. The standard InChI is InChI=1S/C29H31N3O5S/c1-19-6-5-7-22(16-19)30-28(34)26-18-27(33)32(15-14-20-8-13-24(36-3)25(17-20)37-4)29(38-26)31-21-9-11-23(35-2)12-10-21/h5-13,16-17,26H,14-15,18H2,1-4H3,(H,30,34). The van der Waals surface area contributed by atoms with Crippen molar-refractivity contribution >= 4 is 40.1 Å². The van der Waals surface area contributed by atoms with E-state index in [0.29, 0.717) is 46.8 Å². The van der Waals surface area contributed by atoms with Gasteiger partial charge in [-0.1, -0.05) is 30.0 Å². The van der Waals surface area contributed by atoms with Crippen molar-refractivity contribution in [2.75, 3.05) is 33.2 Å². The minimum Gasteiger partial charge on any atom is -0.497 e. The van der Waals surface area contributed by atoms with Crippen LogP contribution in [0.3, 0.4) is 0 Å². The van der Waals surface area contributed by atoms with Gasteiger partial charge in [0.15, 0.2) is 16.7 Å². The summed E-state index contributed by atoms with van der Waals surface area (Å²) in [5.41, 5.74) is 3.39. The van der Waals surface area contributed by atoms with E-state index in [-0.39, 0.29) is 18.2 Å². The Hall–Kier alpha value is -3.98. The number of hydrogen-bond donors (Lipinski definition) is 1. The molecular formula is C29H31N3O5S. The second-order valence-corrected chi connectivity index (χ2v) is 9.92. The highest BCUT2D eigenvalue weighted by Crippen LogP contribution is 2.32. The molecule has 38 heavy (non-hydrogen) atoms. The fourth-order valence-corrected chi connectivity index (χ4v) is 5.18. The van der Waals surface area contributed by atoms with Crippen LogP contribution in [0.15, 0.2) is 71.7 Å². The second-order valence-electron chi connectivity index (χ2n) is 8.75. The Kier molecular flexibility index (Phi) is 8.91. The number of rotatable bonds is 9. The molecule has 0 bridgehead atoms. The highest BCUT2D eigenvalue weighted by molar-refractivity contribution is 8.15. The minimum absolute atomic E-state index is 0.0792. The van der Waals surface area contributed by atoms with E-state index in [1.807, 2.05) is 73.7 Å². The molecule has 4 rings (SSSR count). The van der Waals surface area contributed by atoms with Crippen LogP contribution in [-0.4, -0.2) is 55.0 Å². The van der Waals surface area contributed by atoms with Crippen LogP contribution in [-0.2, 0) is 16.0 Å². The summed E-state index contributed by atoms with van der Waals surface area (Å²) in [5.74, 6) is 1.60. The number of carbonyl (C=O) groups is 2. The second kappa shape index (κ2) is 12.5. The maximum atomic E-state index is 13.3. The van der Waals surface area contributed by atoms with Crippen molar-refractivity contribution in [2.45, 2.75) is 25.0 Å². The van der Waals surface area contributed by atoms with Gasteiger partial charge in [0.05, 0.1) is 27.0 Å². The zero-order valence-electron chi connectivity index (χ0n) is 21.9. The number of amidine groups is 1. The molecule has 1 fully saturated rings. The Morgan fingerprint density at radius 1 is 1.00 bits per heavy atom. The molecule has 0 radical (unpaired) electrons. The quantitative estimate of drug-likeness (QED) is 0.406. The molecule has 1 unspecified atom stereocenters.